The molecule has 0 aliphatic carbocycles. The summed E-state index contributed by atoms with van der Waals surface area (Å²) in [6, 6.07) is 18.2. The van der Waals surface area contributed by atoms with Gasteiger partial charge in [0.05, 0.1) is 5.56 Å². The Balaban J connectivity index is 2.38. The monoisotopic (exact) mass is 280 g/mol. The standard InChI is InChI=1S/C17H16N2O2/c1-19(2)17(20)16(13-8-4-3-5-9-13)21-15-11-7-6-10-14(15)12-18/h3-11,16H,1-2H3/t16-/m0/s1. The van der Waals surface area contributed by atoms with Gasteiger partial charge in [-0.3, -0.25) is 4.79 Å². The predicted molar refractivity (Wildman–Crippen MR) is 79.7 cm³/mol. The number of nitriles is 1. The second-order valence-electron chi connectivity index (χ2n) is 4.75. The van der Waals surface area contributed by atoms with E-state index in [1.54, 1.807) is 38.4 Å². The normalized spacial score (nSPS) is 11.3. The number of likely N-dealkylation sites (N-methyl/N-ethyl adjacent to an activating group) is 1. The smallest absolute Gasteiger partial charge is 0.267 e. The lowest BCUT2D eigenvalue weighted by Crippen LogP contribution is -2.31. The van der Waals surface area contributed by atoms with Crippen molar-refractivity contribution in [3.05, 3.63) is 65.7 Å². The van der Waals surface area contributed by atoms with Gasteiger partial charge >= 0.3 is 0 Å². The van der Waals surface area contributed by atoms with Gasteiger partial charge in [0.2, 0.25) is 6.10 Å². The Morgan fingerprint density at radius 3 is 2.33 bits per heavy atom. The number of nitrogens with zero attached hydrogens (tertiary/aromatic N) is 2. The molecule has 2 aromatic rings. The van der Waals surface area contributed by atoms with Crippen molar-refractivity contribution in [3.63, 3.8) is 0 Å². The summed E-state index contributed by atoms with van der Waals surface area (Å²) in [4.78, 5) is 13.8. The fraction of sp³-hybridized carbons (Fsp3) is 0.176. The van der Waals surface area contributed by atoms with Crippen molar-refractivity contribution in [2.45, 2.75) is 6.10 Å². The van der Waals surface area contributed by atoms with E-state index in [1.165, 1.54) is 4.90 Å². The molecule has 4 heteroatoms. The van der Waals surface area contributed by atoms with Crippen molar-refractivity contribution in [3.8, 4) is 11.8 Å². The van der Waals surface area contributed by atoms with Crippen molar-refractivity contribution in [1.29, 1.82) is 5.26 Å². The minimum absolute atomic E-state index is 0.172. The minimum Gasteiger partial charge on any atom is -0.474 e. The first-order valence-electron chi connectivity index (χ1n) is 6.55. The summed E-state index contributed by atoms with van der Waals surface area (Å²) in [6.45, 7) is 0. The third-order valence-corrected chi connectivity index (χ3v) is 3.02. The number of hydrogen-bond acceptors (Lipinski definition) is 3. The van der Waals surface area contributed by atoms with Gasteiger partial charge in [-0.25, -0.2) is 0 Å². The lowest BCUT2D eigenvalue weighted by Gasteiger charge is -2.22. The summed E-state index contributed by atoms with van der Waals surface area (Å²) < 4.78 is 5.83. The molecule has 21 heavy (non-hydrogen) atoms. The fourth-order valence-corrected chi connectivity index (χ4v) is 1.91. The quantitative estimate of drug-likeness (QED) is 0.865. The molecule has 1 amide bonds. The van der Waals surface area contributed by atoms with Crippen LogP contribution >= 0.6 is 0 Å². The highest BCUT2D eigenvalue weighted by molar-refractivity contribution is 5.82. The largest absolute Gasteiger partial charge is 0.474 e. The van der Waals surface area contributed by atoms with Crippen LogP contribution in [0.4, 0.5) is 0 Å². The Labute approximate surface area is 124 Å². The van der Waals surface area contributed by atoms with Crippen LogP contribution in [0, 0.1) is 11.3 Å². The number of ether oxygens (including phenoxy) is 1. The maximum atomic E-state index is 12.4. The molecule has 2 rings (SSSR count). The number of carbonyl (C=O) groups is 1. The van der Waals surface area contributed by atoms with Crippen LogP contribution in [0.3, 0.4) is 0 Å². The van der Waals surface area contributed by atoms with Crippen molar-refractivity contribution >= 4 is 5.91 Å². The van der Waals surface area contributed by atoms with Gasteiger partial charge < -0.3 is 9.64 Å². The van der Waals surface area contributed by atoms with Crippen LogP contribution in [0.1, 0.15) is 17.2 Å². The Bertz CT molecular complexity index is 660. The highest BCUT2D eigenvalue weighted by Crippen LogP contribution is 2.26. The van der Waals surface area contributed by atoms with Gasteiger partial charge in [-0.2, -0.15) is 5.26 Å². The first-order chi connectivity index (χ1) is 10.1. The topological polar surface area (TPSA) is 53.3 Å². The molecule has 2 aromatic carbocycles. The summed E-state index contributed by atoms with van der Waals surface area (Å²) in [7, 11) is 3.36. The van der Waals surface area contributed by atoms with Crippen molar-refractivity contribution in [2.75, 3.05) is 14.1 Å². The van der Waals surface area contributed by atoms with E-state index < -0.39 is 6.10 Å². The Morgan fingerprint density at radius 2 is 1.71 bits per heavy atom. The van der Waals surface area contributed by atoms with Crippen molar-refractivity contribution in [2.24, 2.45) is 0 Å². The molecular formula is C17H16N2O2. The fourth-order valence-electron chi connectivity index (χ4n) is 1.91. The first kappa shape index (κ1) is 14.6. The van der Waals surface area contributed by atoms with Crippen LogP contribution in [0.2, 0.25) is 0 Å². The van der Waals surface area contributed by atoms with E-state index in [2.05, 4.69) is 6.07 Å². The van der Waals surface area contributed by atoms with Gasteiger partial charge in [0.15, 0.2) is 0 Å². The van der Waals surface area contributed by atoms with Crippen molar-refractivity contribution < 1.29 is 9.53 Å². The van der Waals surface area contributed by atoms with Gasteiger partial charge in [-0.15, -0.1) is 0 Å². The molecular weight excluding hydrogens is 264 g/mol. The van der Waals surface area contributed by atoms with Crippen molar-refractivity contribution in [1.82, 2.24) is 4.90 Å². The van der Waals surface area contributed by atoms with Gasteiger partial charge in [0.25, 0.3) is 5.91 Å². The zero-order chi connectivity index (χ0) is 15.2. The van der Waals surface area contributed by atoms with Crippen LogP contribution in [-0.4, -0.2) is 24.9 Å². The van der Waals surface area contributed by atoms with E-state index in [9.17, 15) is 4.79 Å². The van der Waals surface area contributed by atoms with Gasteiger partial charge in [0.1, 0.15) is 11.8 Å². The number of carbonyl (C=O) groups excluding carboxylic acids is 1. The van der Waals surface area contributed by atoms with E-state index in [0.717, 1.165) is 5.56 Å². The molecule has 0 radical (unpaired) electrons. The molecule has 0 aromatic heterocycles. The van der Waals surface area contributed by atoms with Crippen LogP contribution in [0.5, 0.6) is 5.75 Å². The first-order valence-corrected chi connectivity index (χ1v) is 6.55. The zero-order valence-electron chi connectivity index (χ0n) is 12.0. The van der Waals surface area contributed by atoms with Crippen LogP contribution in [0.25, 0.3) is 0 Å². The second kappa shape index (κ2) is 6.58. The Morgan fingerprint density at radius 1 is 1.10 bits per heavy atom. The summed E-state index contributed by atoms with van der Waals surface area (Å²) in [5, 5.41) is 9.12. The average Bonchev–Trinajstić information content (AvgIpc) is 2.53. The number of para-hydroxylation sites is 1. The third-order valence-electron chi connectivity index (χ3n) is 3.02. The number of amides is 1. The highest BCUT2D eigenvalue weighted by atomic mass is 16.5. The van der Waals surface area contributed by atoms with E-state index in [1.807, 2.05) is 30.3 Å². The zero-order valence-corrected chi connectivity index (χ0v) is 12.0. The molecule has 1 atom stereocenters. The molecule has 0 aliphatic heterocycles. The molecule has 0 fully saturated rings. The molecule has 0 saturated heterocycles. The van der Waals surface area contributed by atoms with Crippen LogP contribution < -0.4 is 4.74 Å². The van der Waals surface area contributed by atoms with Gasteiger partial charge in [-0.05, 0) is 12.1 Å². The summed E-state index contributed by atoms with van der Waals surface area (Å²) in [6.07, 6.45) is -0.768. The maximum absolute atomic E-state index is 12.4. The van der Waals surface area contributed by atoms with Crippen LogP contribution in [0.15, 0.2) is 54.6 Å². The summed E-state index contributed by atoms with van der Waals surface area (Å²) >= 11 is 0. The van der Waals surface area contributed by atoms with E-state index >= 15 is 0 Å². The summed E-state index contributed by atoms with van der Waals surface area (Å²) in [5.41, 5.74) is 1.16. The van der Waals surface area contributed by atoms with Gasteiger partial charge in [0, 0.05) is 19.7 Å². The molecule has 4 nitrogen and oxygen atoms in total. The lowest BCUT2D eigenvalue weighted by molar-refractivity contribution is -0.136. The van der Waals surface area contributed by atoms with E-state index in [-0.39, 0.29) is 5.91 Å². The molecule has 0 unspecified atom stereocenters. The SMILES string of the molecule is CN(C)C(=O)[C@@H](Oc1ccccc1C#N)c1ccccc1. The average molecular weight is 280 g/mol. The molecule has 0 bridgehead atoms. The highest BCUT2D eigenvalue weighted by Gasteiger charge is 2.25. The maximum Gasteiger partial charge on any atom is 0.267 e. The predicted octanol–water partition coefficient (Wildman–Crippen LogP) is 2.77. The number of rotatable bonds is 4. The minimum atomic E-state index is -0.768. The molecule has 0 spiro atoms. The molecule has 0 heterocycles. The second-order valence-corrected chi connectivity index (χ2v) is 4.75. The molecule has 0 saturated carbocycles. The molecule has 0 aliphatic rings. The molecule has 0 N–H and O–H groups in total. The van der Waals surface area contributed by atoms with Crippen LogP contribution in [-0.2, 0) is 4.79 Å². The third kappa shape index (κ3) is 3.40. The Hall–Kier alpha value is -2.80. The van der Waals surface area contributed by atoms with Gasteiger partial charge in [-0.1, -0.05) is 42.5 Å². The summed E-state index contributed by atoms with van der Waals surface area (Å²) in [5.74, 6) is 0.234. The number of hydrogen-bond donors (Lipinski definition) is 0. The Kier molecular flexibility index (Phi) is 4.57. The van der Waals surface area contributed by atoms with E-state index in [4.69, 9.17) is 10.00 Å². The van der Waals surface area contributed by atoms with E-state index in [0.29, 0.717) is 11.3 Å². The number of benzene rings is 2. The lowest BCUT2D eigenvalue weighted by atomic mass is 10.1. The molecule has 106 valence electrons.